The van der Waals surface area contributed by atoms with Crippen molar-refractivity contribution in [3.05, 3.63) is 95.6 Å². The van der Waals surface area contributed by atoms with Crippen LogP contribution in [0.2, 0.25) is 0 Å². The lowest BCUT2D eigenvalue weighted by Crippen LogP contribution is -2.52. The van der Waals surface area contributed by atoms with Gasteiger partial charge in [0.2, 0.25) is 11.8 Å². The molecule has 0 saturated carbocycles. The third-order valence-corrected chi connectivity index (χ3v) is 8.40. The fourth-order valence-corrected chi connectivity index (χ4v) is 5.75. The lowest BCUT2D eigenvalue weighted by atomic mass is 10.1. The van der Waals surface area contributed by atoms with Gasteiger partial charge >= 0.3 is 6.18 Å². The van der Waals surface area contributed by atoms with Gasteiger partial charge in [0.05, 0.1) is 16.1 Å². The fourth-order valence-electron chi connectivity index (χ4n) is 4.32. The predicted molar refractivity (Wildman–Crippen MR) is 156 cm³/mol. The van der Waals surface area contributed by atoms with Crippen LogP contribution in [0.1, 0.15) is 43.9 Å². The number of rotatable bonds is 12. The molecule has 2 amide bonds. The number of amides is 2. The summed E-state index contributed by atoms with van der Waals surface area (Å²) in [6.07, 6.45) is -4.50. The van der Waals surface area contributed by atoms with E-state index in [-0.39, 0.29) is 29.5 Å². The second-order valence-electron chi connectivity index (χ2n) is 10.4. The highest BCUT2D eigenvalue weighted by molar-refractivity contribution is 7.92. The van der Waals surface area contributed by atoms with Gasteiger partial charge < -0.3 is 10.2 Å². The Balaban J connectivity index is 2.09. The molecule has 3 aromatic carbocycles. The van der Waals surface area contributed by atoms with Crippen LogP contribution in [0.5, 0.6) is 0 Å². The van der Waals surface area contributed by atoms with Crippen LogP contribution >= 0.6 is 0 Å². The molecule has 1 atom stereocenters. The van der Waals surface area contributed by atoms with E-state index in [0.29, 0.717) is 22.5 Å². The first-order valence-electron chi connectivity index (χ1n) is 13.6. The SMILES string of the molecule is CCC(C(=O)NCC(C)C)N(Cc1ccc(C)cc1)C(=O)CN(c1cccc(C(F)(F)F)c1)S(=O)(=O)c1ccccc1. The molecule has 0 radical (unpaired) electrons. The van der Waals surface area contributed by atoms with Gasteiger partial charge in [0.15, 0.2) is 0 Å². The molecule has 0 saturated heterocycles. The van der Waals surface area contributed by atoms with Crippen LogP contribution in [-0.4, -0.2) is 44.3 Å². The largest absolute Gasteiger partial charge is 0.416 e. The lowest BCUT2D eigenvalue weighted by molar-refractivity contribution is -0.140. The first kappa shape index (κ1) is 32.7. The molecule has 3 rings (SSSR count). The molecule has 0 spiro atoms. The van der Waals surface area contributed by atoms with E-state index in [1.165, 1.54) is 35.2 Å². The Labute approximate surface area is 245 Å². The molecule has 7 nitrogen and oxygen atoms in total. The summed E-state index contributed by atoms with van der Waals surface area (Å²) in [6, 6.07) is 17.4. The normalized spacial score (nSPS) is 12.6. The Morgan fingerprint density at radius 2 is 1.57 bits per heavy atom. The molecule has 1 unspecified atom stereocenters. The first-order valence-corrected chi connectivity index (χ1v) is 15.1. The van der Waals surface area contributed by atoms with E-state index in [0.717, 1.165) is 17.7 Å². The Hall–Kier alpha value is -3.86. The van der Waals surface area contributed by atoms with Crippen molar-refractivity contribution in [2.24, 2.45) is 5.92 Å². The molecule has 0 aliphatic carbocycles. The summed E-state index contributed by atoms with van der Waals surface area (Å²) in [4.78, 5) is 28.4. The van der Waals surface area contributed by atoms with Gasteiger partial charge in [-0.1, -0.05) is 74.9 Å². The zero-order valence-electron chi connectivity index (χ0n) is 24.1. The van der Waals surface area contributed by atoms with Crippen molar-refractivity contribution in [2.75, 3.05) is 17.4 Å². The van der Waals surface area contributed by atoms with Crippen molar-refractivity contribution in [3.8, 4) is 0 Å². The number of aryl methyl sites for hydroxylation is 1. The number of benzene rings is 3. The van der Waals surface area contributed by atoms with Gasteiger partial charge in [0.1, 0.15) is 12.6 Å². The minimum Gasteiger partial charge on any atom is -0.354 e. The monoisotopic (exact) mass is 603 g/mol. The van der Waals surface area contributed by atoms with Gasteiger partial charge in [-0.2, -0.15) is 13.2 Å². The van der Waals surface area contributed by atoms with Crippen molar-refractivity contribution in [1.29, 1.82) is 0 Å². The van der Waals surface area contributed by atoms with Crippen LogP contribution in [0.15, 0.2) is 83.8 Å². The van der Waals surface area contributed by atoms with Crippen LogP contribution in [0.25, 0.3) is 0 Å². The van der Waals surface area contributed by atoms with Gasteiger partial charge in [0, 0.05) is 13.1 Å². The zero-order chi connectivity index (χ0) is 31.1. The van der Waals surface area contributed by atoms with Gasteiger partial charge in [-0.05, 0) is 55.2 Å². The standard InChI is InChI=1S/C31H36F3N3O4S/c1-5-28(30(39)35-19-22(2)3)36(20-24-16-14-23(4)15-17-24)29(38)21-37(42(40,41)27-12-7-6-8-13-27)26-11-9-10-25(18-26)31(32,33)34/h6-18,22,28H,5,19-21H2,1-4H3,(H,35,39). The highest BCUT2D eigenvalue weighted by Crippen LogP contribution is 2.33. The van der Waals surface area contributed by atoms with E-state index in [4.69, 9.17) is 0 Å². The van der Waals surface area contributed by atoms with Gasteiger partial charge in [-0.25, -0.2) is 8.42 Å². The quantitative estimate of drug-likeness (QED) is 0.284. The number of carbonyl (C=O) groups excluding carboxylic acids is 2. The van der Waals surface area contributed by atoms with Gasteiger partial charge in [-0.3, -0.25) is 13.9 Å². The van der Waals surface area contributed by atoms with E-state index >= 15 is 0 Å². The summed E-state index contributed by atoms with van der Waals surface area (Å²) < 4.78 is 69.0. The number of hydrogen-bond donors (Lipinski definition) is 1. The maximum absolute atomic E-state index is 14.0. The number of nitrogens with one attached hydrogen (secondary N) is 1. The second kappa shape index (κ2) is 13.9. The highest BCUT2D eigenvalue weighted by Gasteiger charge is 2.36. The van der Waals surface area contributed by atoms with E-state index in [1.54, 1.807) is 25.1 Å². The Morgan fingerprint density at radius 3 is 2.14 bits per heavy atom. The molecule has 226 valence electrons. The molecule has 0 aliphatic rings. The third-order valence-electron chi connectivity index (χ3n) is 6.62. The van der Waals surface area contributed by atoms with E-state index < -0.39 is 46.2 Å². The molecule has 42 heavy (non-hydrogen) atoms. The van der Waals surface area contributed by atoms with Crippen molar-refractivity contribution in [2.45, 2.75) is 57.8 Å². The number of sulfonamides is 1. The molecule has 0 aromatic heterocycles. The number of carbonyl (C=O) groups is 2. The predicted octanol–water partition coefficient (Wildman–Crippen LogP) is 5.79. The number of hydrogen-bond acceptors (Lipinski definition) is 4. The second-order valence-corrected chi connectivity index (χ2v) is 12.3. The highest BCUT2D eigenvalue weighted by atomic mass is 32.2. The zero-order valence-corrected chi connectivity index (χ0v) is 24.9. The molecule has 11 heteroatoms. The van der Waals surface area contributed by atoms with Crippen molar-refractivity contribution < 1.29 is 31.2 Å². The molecule has 0 fully saturated rings. The number of alkyl halides is 3. The fraction of sp³-hybridized carbons (Fsp3) is 0.355. The topological polar surface area (TPSA) is 86.8 Å². The molecule has 0 heterocycles. The summed E-state index contributed by atoms with van der Waals surface area (Å²) in [7, 11) is -4.48. The van der Waals surface area contributed by atoms with Crippen LogP contribution < -0.4 is 9.62 Å². The minimum absolute atomic E-state index is 0.00542. The van der Waals surface area contributed by atoms with Crippen molar-refractivity contribution in [3.63, 3.8) is 0 Å². The van der Waals surface area contributed by atoms with Gasteiger partial charge in [0.25, 0.3) is 10.0 Å². The van der Waals surface area contributed by atoms with Crippen LogP contribution in [0, 0.1) is 12.8 Å². The first-order chi connectivity index (χ1) is 19.7. The van der Waals surface area contributed by atoms with E-state index in [9.17, 15) is 31.2 Å². The smallest absolute Gasteiger partial charge is 0.354 e. The lowest BCUT2D eigenvalue weighted by Gasteiger charge is -2.33. The summed E-state index contributed by atoms with van der Waals surface area (Å²) in [5.41, 5.74) is 0.315. The average molecular weight is 604 g/mol. The van der Waals surface area contributed by atoms with Crippen molar-refractivity contribution >= 4 is 27.5 Å². The Bertz CT molecular complexity index is 1460. The Kier molecular flexibility index (Phi) is 10.8. The molecular formula is C31H36F3N3O4S. The van der Waals surface area contributed by atoms with Gasteiger partial charge in [-0.15, -0.1) is 0 Å². The summed E-state index contributed by atoms with van der Waals surface area (Å²) in [5, 5.41) is 2.84. The van der Waals surface area contributed by atoms with Crippen LogP contribution in [0.4, 0.5) is 18.9 Å². The summed E-state index contributed by atoms with van der Waals surface area (Å²) in [6.45, 7) is 7.05. The van der Waals surface area contributed by atoms with E-state index in [1.807, 2.05) is 32.9 Å². The average Bonchev–Trinajstić information content (AvgIpc) is 2.95. The Morgan fingerprint density at radius 1 is 0.929 bits per heavy atom. The number of anilines is 1. The number of halogens is 3. The maximum atomic E-state index is 14.0. The molecule has 1 N–H and O–H groups in total. The third kappa shape index (κ3) is 8.34. The van der Waals surface area contributed by atoms with Crippen molar-refractivity contribution in [1.82, 2.24) is 10.2 Å². The molecule has 0 aliphatic heterocycles. The number of nitrogens with zero attached hydrogens (tertiary/aromatic N) is 2. The summed E-state index contributed by atoms with van der Waals surface area (Å²) in [5.74, 6) is -0.984. The molecule has 3 aromatic rings. The maximum Gasteiger partial charge on any atom is 0.416 e. The van der Waals surface area contributed by atoms with Crippen LogP contribution in [-0.2, 0) is 32.3 Å². The molecular weight excluding hydrogens is 567 g/mol. The molecule has 0 bridgehead atoms. The van der Waals surface area contributed by atoms with E-state index in [2.05, 4.69) is 5.32 Å². The summed E-state index contributed by atoms with van der Waals surface area (Å²) >= 11 is 0. The van der Waals surface area contributed by atoms with Crippen LogP contribution in [0.3, 0.4) is 0 Å². The minimum atomic E-state index is -4.73.